The van der Waals surface area contributed by atoms with Crippen molar-refractivity contribution in [3.05, 3.63) is 35.4 Å². The third kappa shape index (κ3) is 4.10. The molecular weight excluding hydrogens is 260 g/mol. The van der Waals surface area contributed by atoms with Gasteiger partial charge >= 0.3 is 0 Å². The van der Waals surface area contributed by atoms with Crippen LogP contribution in [0.5, 0.6) is 5.75 Å². The third-order valence-corrected chi connectivity index (χ3v) is 4.53. The summed E-state index contributed by atoms with van der Waals surface area (Å²) in [6, 6.07) is 5.95. The van der Waals surface area contributed by atoms with Crippen molar-refractivity contribution in [2.24, 2.45) is 0 Å². The zero-order chi connectivity index (χ0) is 14.5. The van der Waals surface area contributed by atoms with Crippen molar-refractivity contribution in [3.8, 4) is 5.75 Å². The highest BCUT2D eigenvalue weighted by Gasteiger charge is 2.17. The van der Waals surface area contributed by atoms with Crippen LogP contribution in [-0.4, -0.2) is 27.0 Å². The van der Waals surface area contributed by atoms with Crippen LogP contribution in [0.25, 0.3) is 5.57 Å². The van der Waals surface area contributed by atoms with Crippen LogP contribution in [0.1, 0.15) is 31.4 Å². The fourth-order valence-electron chi connectivity index (χ4n) is 2.02. The van der Waals surface area contributed by atoms with Gasteiger partial charge in [-0.05, 0) is 42.2 Å². The molecule has 1 aliphatic rings. The molecule has 0 aliphatic carbocycles. The van der Waals surface area contributed by atoms with Crippen LogP contribution < -0.4 is 4.74 Å². The maximum atomic E-state index is 11.3. The lowest BCUT2D eigenvalue weighted by molar-refractivity contribution is 0.411. The van der Waals surface area contributed by atoms with E-state index in [-0.39, 0.29) is 11.5 Å². The van der Waals surface area contributed by atoms with Gasteiger partial charge < -0.3 is 4.74 Å². The summed E-state index contributed by atoms with van der Waals surface area (Å²) in [6.45, 7) is 5.99. The summed E-state index contributed by atoms with van der Waals surface area (Å²) >= 11 is 0. The molecule has 0 N–H and O–H groups in total. The molecule has 0 amide bonds. The van der Waals surface area contributed by atoms with E-state index in [1.807, 2.05) is 45.0 Å². The summed E-state index contributed by atoms with van der Waals surface area (Å²) < 4.78 is 27.9. The monoisotopic (exact) mass is 282 g/mol. The third-order valence-electron chi connectivity index (χ3n) is 3.03. The van der Waals surface area contributed by atoms with Crippen LogP contribution in [0.2, 0.25) is 0 Å². The van der Waals surface area contributed by atoms with Crippen LogP contribution in [-0.2, 0) is 9.84 Å². The Balaban J connectivity index is 0.000000861. The Labute approximate surface area is 116 Å². The first-order valence-electron chi connectivity index (χ1n) is 6.56. The van der Waals surface area contributed by atoms with E-state index in [1.54, 1.807) is 7.11 Å². The van der Waals surface area contributed by atoms with E-state index in [1.165, 1.54) is 0 Å². The summed E-state index contributed by atoms with van der Waals surface area (Å²) in [6.07, 6.45) is 2.42. The Hall–Kier alpha value is -1.29. The van der Waals surface area contributed by atoms with Gasteiger partial charge in [0.1, 0.15) is 5.75 Å². The van der Waals surface area contributed by atoms with Gasteiger partial charge in [0.2, 0.25) is 0 Å². The number of sulfone groups is 1. The van der Waals surface area contributed by atoms with Gasteiger partial charge in [0.05, 0.1) is 18.6 Å². The normalized spacial score (nSPS) is 16.9. The quantitative estimate of drug-likeness (QED) is 0.836. The average Bonchev–Trinajstić information content (AvgIpc) is 2.41. The Morgan fingerprint density at radius 1 is 1.21 bits per heavy atom. The van der Waals surface area contributed by atoms with E-state index in [0.717, 1.165) is 22.4 Å². The van der Waals surface area contributed by atoms with Crippen molar-refractivity contribution in [2.75, 3.05) is 18.6 Å². The number of allylic oxidation sites excluding steroid dienone is 1. The lowest BCUT2D eigenvalue weighted by atomic mass is 10.0. The number of rotatable bonds is 2. The molecule has 1 aromatic carbocycles. The van der Waals surface area contributed by atoms with E-state index in [9.17, 15) is 8.42 Å². The fraction of sp³-hybridized carbons (Fsp3) is 0.467. The van der Waals surface area contributed by atoms with Crippen molar-refractivity contribution in [1.29, 1.82) is 0 Å². The maximum Gasteiger partial charge on any atom is 0.154 e. The number of benzene rings is 1. The van der Waals surface area contributed by atoms with Crippen molar-refractivity contribution in [3.63, 3.8) is 0 Å². The van der Waals surface area contributed by atoms with Gasteiger partial charge in [-0.25, -0.2) is 8.42 Å². The largest absolute Gasteiger partial charge is 0.496 e. The zero-order valence-electron chi connectivity index (χ0n) is 12.1. The predicted octanol–water partition coefficient (Wildman–Crippen LogP) is 3.23. The number of hydrogen-bond acceptors (Lipinski definition) is 3. The highest BCUT2D eigenvalue weighted by molar-refractivity contribution is 7.91. The molecule has 3 nitrogen and oxygen atoms in total. The second-order valence-corrected chi connectivity index (χ2v) is 6.51. The van der Waals surface area contributed by atoms with Gasteiger partial charge in [0.25, 0.3) is 0 Å². The first kappa shape index (κ1) is 15.8. The number of aryl methyl sites for hydroxylation is 1. The molecular formula is C15H22O3S. The average molecular weight is 282 g/mol. The molecule has 4 heteroatoms. The van der Waals surface area contributed by atoms with Gasteiger partial charge in [-0.3, -0.25) is 0 Å². The Morgan fingerprint density at radius 2 is 1.89 bits per heavy atom. The number of ether oxygens (including phenoxy) is 1. The molecule has 0 aromatic heterocycles. The summed E-state index contributed by atoms with van der Waals surface area (Å²) in [5, 5.41) is 0. The first-order valence-corrected chi connectivity index (χ1v) is 8.38. The van der Waals surface area contributed by atoms with Crippen LogP contribution in [0, 0.1) is 6.92 Å². The molecule has 0 fully saturated rings. The highest BCUT2D eigenvalue weighted by Crippen LogP contribution is 2.27. The molecule has 1 aromatic rings. The minimum absolute atomic E-state index is 0.160. The molecule has 106 valence electrons. The van der Waals surface area contributed by atoms with E-state index < -0.39 is 9.84 Å². The van der Waals surface area contributed by atoms with E-state index in [2.05, 4.69) is 0 Å². The van der Waals surface area contributed by atoms with Crippen LogP contribution >= 0.6 is 0 Å². The summed E-state index contributed by atoms with van der Waals surface area (Å²) in [5.41, 5.74) is 3.28. The second kappa shape index (κ2) is 6.75. The van der Waals surface area contributed by atoms with E-state index >= 15 is 0 Å². The molecule has 0 saturated heterocycles. The Morgan fingerprint density at radius 3 is 2.37 bits per heavy atom. The van der Waals surface area contributed by atoms with Crippen LogP contribution in [0.15, 0.2) is 24.3 Å². The minimum atomic E-state index is -2.85. The number of methoxy groups -OCH3 is 1. The van der Waals surface area contributed by atoms with Gasteiger partial charge in [0.15, 0.2) is 9.84 Å². The molecule has 0 saturated carbocycles. The molecule has 1 aliphatic heterocycles. The summed E-state index contributed by atoms with van der Waals surface area (Å²) in [4.78, 5) is 0. The molecule has 0 spiro atoms. The maximum absolute atomic E-state index is 11.3. The van der Waals surface area contributed by atoms with Gasteiger partial charge in [-0.1, -0.05) is 26.0 Å². The lowest BCUT2D eigenvalue weighted by Gasteiger charge is -2.15. The molecule has 2 rings (SSSR count). The lowest BCUT2D eigenvalue weighted by Crippen LogP contribution is -2.14. The van der Waals surface area contributed by atoms with Gasteiger partial charge in [0, 0.05) is 0 Å². The van der Waals surface area contributed by atoms with Crippen molar-refractivity contribution < 1.29 is 13.2 Å². The molecule has 19 heavy (non-hydrogen) atoms. The first-order chi connectivity index (χ1) is 9.02. The van der Waals surface area contributed by atoms with E-state index in [0.29, 0.717) is 6.42 Å². The van der Waals surface area contributed by atoms with E-state index in [4.69, 9.17) is 4.74 Å². The SMILES string of the molecule is CC.COc1ccc(C2=CCS(=O)(=O)CC2)cc1C. The highest BCUT2D eigenvalue weighted by atomic mass is 32.2. The van der Waals surface area contributed by atoms with Crippen molar-refractivity contribution in [2.45, 2.75) is 27.2 Å². The summed E-state index contributed by atoms with van der Waals surface area (Å²) in [7, 11) is -1.20. The fourth-order valence-corrected chi connectivity index (χ4v) is 3.17. The van der Waals surface area contributed by atoms with Crippen LogP contribution in [0.3, 0.4) is 0 Å². The molecule has 0 unspecified atom stereocenters. The van der Waals surface area contributed by atoms with Crippen LogP contribution in [0.4, 0.5) is 0 Å². The van der Waals surface area contributed by atoms with Gasteiger partial charge in [-0.2, -0.15) is 0 Å². The van der Waals surface area contributed by atoms with Crippen molar-refractivity contribution >= 4 is 15.4 Å². The molecule has 0 bridgehead atoms. The predicted molar refractivity (Wildman–Crippen MR) is 80.3 cm³/mol. The topological polar surface area (TPSA) is 43.4 Å². The molecule has 1 heterocycles. The molecule has 0 radical (unpaired) electrons. The molecule has 0 atom stereocenters. The van der Waals surface area contributed by atoms with Crippen molar-refractivity contribution in [1.82, 2.24) is 0 Å². The zero-order valence-corrected chi connectivity index (χ0v) is 12.9. The second-order valence-electron chi connectivity index (χ2n) is 4.28. The summed E-state index contributed by atoms with van der Waals surface area (Å²) in [5.74, 6) is 1.27. The Kier molecular flexibility index (Phi) is 5.60. The number of hydrogen-bond donors (Lipinski definition) is 0. The minimum Gasteiger partial charge on any atom is -0.496 e. The Bertz CT molecular complexity index is 557. The van der Waals surface area contributed by atoms with Gasteiger partial charge in [-0.15, -0.1) is 0 Å². The standard InChI is InChI=1S/C13H16O3S.C2H6/c1-10-9-12(3-4-13(10)16-2)11-5-7-17(14,15)8-6-11;1-2/h3-5,9H,6-8H2,1-2H3;1-2H3. The smallest absolute Gasteiger partial charge is 0.154 e.